The highest BCUT2D eigenvalue weighted by Gasteiger charge is 2.08. The molecule has 12 heavy (non-hydrogen) atoms. The summed E-state index contributed by atoms with van der Waals surface area (Å²) in [5, 5.41) is 0. The molecule has 66 valence electrons. The molecule has 0 radical (unpaired) electrons. The highest BCUT2D eigenvalue weighted by molar-refractivity contribution is 5.12. The van der Waals surface area contributed by atoms with Crippen LogP contribution in [0.2, 0.25) is 0 Å². The molecule has 0 fully saturated rings. The van der Waals surface area contributed by atoms with Gasteiger partial charge in [0.2, 0.25) is 0 Å². The van der Waals surface area contributed by atoms with Crippen LogP contribution in [-0.2, 0) is 0 Å². The molecule has 2 nitrogen and oxygen atoms in total. The smallest absolute Gasteiger partial charge is 0.0851 e. The molecule has 1 atom stereocenters. The van der Waals surface area contributed by atoms with E-state index in [4.69, 9.17) is 12.3 Å². The molecule has 1 aliphatic carbocycles. The van der Waals surface area contributed by atoms with Gasteiger partial charge in [-0.25, -0.2) is 5.43 Å². The Morgan fingerprint density at radius 3 is 3.00 bits per heavy atom. The van der Waals surface area contributed by atoms with Gasteiger partial charge in [0.25, 0.3) is 0 Å². The van der Waals surface area contributed by atoms with Crippen LogP contribution < -0.4 is 11.3 Å². The van der Waals surface area contributed by atoms with Gasteiger partial charge in [-0.15, -0.1) is 6.42 Å². The van der Waals surface area contributed by atoms with Crippen molar-refractivity contribution in [3.63, 3.8) is 0 Å². The number of terminal acetylenes is 1. The molecule has 3 N–H and O–H groups in total. The van der Waals surface area contributed by atoms with E-state index in [1.54, 1.807) is 0 Å². The molecule has 1 unspecified atom stereocenters. The fourth-order valence-electron chi connectivity index (χ4n) is 1.52. The highest BCUT2D eigenvalue weighted by atomic mass is 15.2. The molecule has 0 saturated heterocycles. The predicted molar refractivity (Wildman–Crippen MR) is 51.1 cm³/mol. The van der Waals surface area contributed by atoms with Crippen molar-refractivity contribution in [3.05, 3.63) is 11.6 Å². The first-order valence-corrected chi connectivity index (χ1v) is 4.47. The summed E-state index contributed by atoms with van der Waals surface area (Å²) in [6.07, 6.45) is 13.5. The van der Waals surface area contributed by atoms with Gasteiger partial charge >= 0.3 is 0 Å². The second-order valence-corrected chi connectivity index (χ2v) is 3.20. The molecule has 0 aromatic rings. The number of allylic oxidation sites excluding steroid dienone is 1. The predicted octanol–water partition coefficient (Wildman–Crippen LogP) is 1.34. The number of hydrogen-bond donors (Lipinski definition) is 2. The van der Waals surface area contributed by atoms with E-state index in [2.05, 4.69) is 17.4 Å². The Bertz CT molecular complexity index is 200. The van der Waals surface area contributed by atoms with Crippen LogP contribution in [0.1, 0.15) is 32.1 Å². The van der Waals surface area contributed by atoms with Crippen molar-refractivity contribution in [1.82, 2.24) is 5.43 Å². The summed E-state index contributed by atoms with van der Waals surface area (Å²) in [4.78, 5) is 0. The number of nitrogens with one attached hydrogen (secondary N) is 1. The third-order valence-corrected chi connectivity index (χ3v) is 2.25. The normalized spacial score (nSPS) is 19.5. The summed E-state index contributed by atoms with van der Waals surface area (Å²) in [6, 6.07) is 0.00866. The first kappa shape index (κ1) is 9.31. The van der Waals surface area contributed by atoms with Crippen molar-refractivity contribution in [3.8, 4) is 12.3 Å². The first-order valence-electron chi connectivity index (χ1n) is 4.47. The zero-order valence-corrected chi connectivity index (χ0v) is 7.34. The summed E-state index contributed by atoms with van der Waals surface area (Å²) < 4.78 is 0. The molecular weight excluding hydrogens is 148 g/mol. The van der Waals surface area contributed by atoms with Crippen LogP contribution in [0.3, 0.4) is 0 Å². The Hall–Kier alpha value is -0.780. The lowest BCUT2D eigenvalue weighted by atomic mass is 9.95. The number of nitrogens with two attached hydrogens (primary N) is 1. The average molecular weight is 164 g/mol. The van der Waals surface area contributed by atoms with Gasteiger partial charge in [0.1, 0.15) is 0 Å². The molecule has 0 saturated carbocycles. The third kappa shape index (κ3) is 2.69. The molecule has 0 aliphatic heterocycles. The van der Waals surface area contributed by atoms with Crippen molar-refractivity contribution >= 4 is 0 Å². The fourth-order valence-corrected chi connectivity index (χ4v) is 1.52. The Kier molecular flexibility index (Phi) is 3.86. The number of hydrogen-bond acceptors (Lipinski definition) is 2. The van der Waals surface area contributed by atoms with Crippen LogP contribution in [0.25, 0.3) is 0 Å². The Balaban J connectivity index is 2.39. The van der Waals surface area contributed by atoms with Crippen molar-refractivity contribution < 1.29 is 0 Å². The second-order valence-electron chi connectivity index (χ2n) is 3.20. The van der Waals surface area contributed by atoms with Crippen LogP contribution in [-0.4, -0.2) is 6.04 Å². The van der Waals surface area contributed by atoms with E-state index in [0.717, 1.165) is 6.42 Å². The van der Waals surface area contributed by atoms with E-state index in [1.807, 2.05) is 0 Å². The topological polar surface area (TPSA) is 38.0 Å². The molecular formula is C10H16N2. The summed E-state index contributed by atoms with van der Waals surface area (Å²) >= 11 is 0. The quantitative estimate of drug-likeness (QED) is 0.286. The Morgan fingerprint density at radius 2 is 2.50 bits per heavy atom. The van der Waals surface area contributed by atoms with Gasteiger partial charge in [-0.2, -0.15) is 0 Å². The molecule has 1 aliphatic rings. The molecule has 0 spiro atoms. The van der Waals surface area contributed by atoms with E-state index >= 15 is 0 Å². The summed E-state index contributed by atoms with van der Waals surface area (Å²) in [6.45, 7) is 0. The average Bonchev–Trinajstić information content (AvgIpc) is 2.16. The van der Waals surface area contributed by atoms with Crippen LogP contribution in [0.4, 0.5) is 0 Å². The van der Waals surface area contributed by atoms with Crippen LogP contribution in [0, 0.1) is 12.3 Å². The SMILES string of the molecule is C#CC(CC1=CCCCC1)NN. The van der Waals surface area contributed by atoms with Crippen molar-refractivity contribution in [2.75, 3.05) is 0 Å². The summed E-state index contributed by atoms with van der Waals surface area (Å²) in [7, 11) is 0. The molecule has 1 rings (SSSR count). The molecule has 0 bridgehead atoms. The molecule has 0 heterocycles. The zero-order valence-electron chi connectivity index (χ0n) is 7.34. The maximum atomic E-state index is 5.28. The molecule has 0 aromatic heterocycles. The van der Waals surface area contributed by atoms with Gasteiger partial charge in [0.15, 0.2) is 0 Å². The lowest BCUT2D eigenvalue weighted by Gasteiger charge is -2.15. The number of hydrazine groups is 1. The van der Waals surface area contributed by atoms with Crippen LogP contribution in [0.15, 0.2) is 11.6 Å². The first-order chi connectivity index (χ1) is 5.86. The Labute approximate surface area is 74.2 Å². The lowest BCUT2D eigenvalue weighted by molar-refractivity contribution is 0.593. The van der Waals surface area contributed by atoms with Gasteiger partial charge in [-0.05, 0) is 32.1 Å². The van der Waals surface area contributed by atoms with Gasteiger partial charge < -0.3 is 0 Å². The lowest BCUT2D eigenvalue weighted by Crippen LogP contribution is -2.34. The fraction of sp³-hybridized carbons (Fsp3) is 0.600. The largest absolute Gasteiger partial charge is 0.270 e. The Morgan fingerprint density at radius 1 is 1.67 bits per heavy atom. The molecule has 0 aromatic carbocycles. The van der Waals surface area contributed by atoms with Gasteiger partial charge in [-0.1, -0.05) is 17.6 Å². The minimum absolute atomic E-state index is 0.00866. The van der Waals surface area contributed by atoms with Gasteiger partial charge in [0, 0.05) is 0 Å². The monoisotopic (exact) mass is 164 g/mol. The maximum Gasteiger partial charge on any atom is 0.0851 e. The van der Waals surface area contributed by atoms with E-state index in [-0.39, 0.29) is 6.04 Å². The number of rotatable bonds is 3. The standard InChI is InChI=1S/C10H16N2/c1-2-10(12-11)8-9-6-4-3-5-7-9/h1,6,10,12H,3-5,7-8,11H2. The minimum Gasteiger partial charge on any atom is -0.270 e. The van der Waals surface area contributed by atoms with Crippen molar-refractivity contribution in [1.29, 1.82) is 0 Å². The van der Waals surface area contributed by atoms with Gasteiger partial charge in [-0.3, -0.25) is 5.84 Å². The van der Waals surface area contributed by atoms with Gasteiger partial charge in [0.05, 0.1) is 6.04 Å². The second kappa shape index (κ2) is 4.97. The van der Waals surface area contributed by atoms with Crippen LogP contribution in [0.5, 0.6) is 0 Å². The van der Waals surface area contributed by atoms with E-state index in [1.165, 1.54) is 31.3 Å². The molecule has 0 amide bonds. The zero-order chi connectivity index (χ0) is 8.81. The third-order valence-electron chi connectivity index (χ3n) is 2.25. The highest BCUT2D eigenvalue weighted by Crippen LogP contribution is 2.20. The van der Waals surface area contributed by atoms with Crippen molar-refractivity contribution in [2.24, 2.45) is 5.84 Å². The van der Waals surface area contributed by atoms with E-state index in [9.17, 15) is 0 Å². The van der Waals surface area contributed by atoms with E-state index < -0.39 is 0 Å². The van der Waals surface area contributed by atoms with Crippen molar-refractivity contribution in [2.45, 2.75) is 38.1 Å². The summed E-state index contributed by atoms with van der Waals surface area (Å²) in [5.74, 6) is 7.90. The van der Waals surface area contributed by atoms with Crippen LogP contribution >= 0.6 is 0 Å². The van der Waals surface area contributed by atoms with E-state index in [0.29, 0.717) is 0 Å². The maximum absolute atomic E-state index is 5.28. The molecule has 2 heteroatoms. The summed E-state index contributed by atoms with van der Waals surface area (Å²) in [5.41, 5.74) is 4.08. The minimum atomic E-state index is 0.00866.